The van der Waals surface area contributed by atoms with Gasteiger partial charge in [-0.25, -0.2) is 0 Å². The number of nitrogens with zero attached hydrogens (tertiary/aromatic N) is 1. The lowest BCUT2D eigenvalue weighted by Gasteiger charge is -2.02. The number of halogens is 1. The normalized spacial score (nSPS) is 11.6. The molecule has 0 saturated carbocycles. The monoisotopic (exact) mass is 292 g/mol. The second kappa shape index (κ2) is 6.13. The van der Waals surface area contributed by atoms with Crippen LogP contribution in [0, 0.1) is 0 Å². The Balaban J connectivity index is 0.000000146. The molecule has 6 heteroatoms. The van der Waals surface area contributed by atoms with E-state index in [-0.39, 0.29) is 0 Å². The van der Waals surface area contributed by atoms with E-state index in [1.165, 1.54) is 16.2 Å². The molecule has 0 saturated heterocycles. The quantitative estimate of drug-likeness (QED) is 0.759. The van der Waals surface area contributed by atoms with Crippen LogP contribution in [0.2, 0.25) is 0 Å². The molecule has 0 bridgehead atoms. The fourth-order valence-electron chi connectivity index (χ4n) is 0.677. The molecule has 14 heavy (non-hydrogen) atoms. The largest absolute Gasteiger partial charge is 0.755 e. The van der Waals surface area contributed by atoms with Crippen LogP contribution in [0.4, 0.5) is 0 Å². The van der Waals surface area contributed by atoms with Gasteiger partial charge in [0.2, 0.25) is 0 Å². The Morgan fingerprint density at radius 2 is 2.00 bits per heavy atom. The minimum Gasteiger partial charge on any atom is -0.755 e. The average molecular weight is 293 g/mol. The van der Waals surface area contributed by atoms with Crippen LogP contribution < -0.4 is 0 Å². The summed E-state index contributed by atoms with van der Waals surface area (Å²) in [6, 6.07) is 7.32. The zero-order valence-corrected chi connectivity index (χ0v) is 10.2. The molecule has 2 heterocycles. The van der Waals surface area contributed by atoms with Gasteiger partial charge in [0.05, 0.1) is 15.1 Å². The smallest absolute Gasteiger partial charge is 0.0698 e. The Labute approximate surface area is 96.9 Å². The molecule has 1 unspecified atom stereocenters. The van der Waals surface area contributed by atoms with Crippen LogP contribution in [0.5, 0.6) is 0 Å². The fourth-order valence-corrected chi connectivity index (χ4v) is 1.94. The van der Waals surface area contributed by atoms with Crippen molar-refractivity contribution in [3.63, 3.8) is 0 Å². The Kier molecular flexibility index (Phi) is 5.10. The molecular weight excluding hydrogens is 286 g/mol. The molecular formula is C8H7BrNO2S2-. The van der Waals surface area contributed by atoms with Gasteiger partial charge in [-0.1, -0.05) is 6.07 Å². The zero-order valence-electron chi connectivity index (χ0n) is 7.00. The summed E-state index contributed by atoms with van der Waals surface area (Å²) < 4.78 is 22.3. The van der Waals surface area contributed by atoms with Gasteiger partial charge >= 0.3 is 0 Å². The molecule has 0 aliphatic carbocycles. The number of rotatable bonds is 1. The third-order valence-corrected chi connectivity index (χ3v) is 3.30. The summed E-state index contributed by atoms with van der Waals surface area (Å²) in [6.07, 6.45) is 2.92. The van der Waals surface area contributed by atoms with Gasteiger partial charge in [0.15, 0.2) is 0 Å². The van der Waals surface area contributed by atoms with Crippen molar-refractivity contribution in [3.05, 3.63) is 45.8 Å². The predicted octanol–water partition coefficient (Wildman–Crippen LogP) is 2.64. The average Bonchev–Trinajstić information content (AvgIpc) is 2.75. The number of hydrogen-bond acceptors (Lipinski definition) is 3. The predicted molar refractivity (Wildman–Crippen MR) is 60.8 cm³/mol. The van der Waals surface area contributed by atoms with Crippen molar-refractivity contribution in [1.29, 1.82) is 0 Å². The SMILES string of the molecule is Brc1cccs1.O=S([O-])n1cccc1. The van der Waals surface area contributed by atoms with Crippen molar-refractivity contribution in [2.45, 2.75) is 0 Å². The van der Waals surface area contributed by atoms with E-state index in [1.807, 2.05) is 17.5 Å². The summed E-state index contributed by atoms with van der Waals surface area (Å²) in [5, 5.41) is 2.03. The van der Waals surface area contributed by atoms with Crippen LogP contribution >= 0.6 is 27.3 Å². The first-order valence-corrected chi connectivity index (χ1v) is 6.32. The molecule has 2 aromatic rings. The molecule has 3 nitrogen and oxygen atoms in total. The second-order valence-corrected chi connectivity index (χ2v) is 5.36. The van der Waals surface area contributed by atoms with Crippen molar-refractivity contribution < 1.29 is 8.76 Å². The van der Waals surface area contributed by atoms with Crippen molar-refractivity contribution in [2.24, 2.45) is 0 Å². The number of thiophene rings is 1. The van der Waals surface area contributed by atoms with Crippen molar-refractivity contribution >= 4 is 38.5 Å². The van der Waals surface area contributed by atoms with Gasteiger partial charge in [0, 0.05) is 12.4 Å². The zero-order chi connectivity index (χ0) is 10.4. The van der Waals surface area contributed by atoms with Gasteiger partial charge in [0.1, 0.15) is 0 Å². The van der Waals surface area contributed by atoms with Gasteiger partial charge in [-0.15, -0.1) is 11.3 Å². The highest BCUT2D eigenvalue weighted by molar-refractivity contribution is 9.11. The molecule has 2 aromatic heterocycles. The first kappa shape index (κ1) is 11.6. The molecule has 0 fully saturated rings. The van der Waals surface area contributed by atoms with E-state index in [0.717, 1.165) is 3.97 Å². The fraction of sp³-hybridized carbons (Fsp3) is 0. The maximum atomic E-state index is 10.0. The Bertz CT molecular complexity index is 372. The van der Waals surface area contributed by atoms with Gasteiger partial charge in [0.25, 0.3) is 0 Å². The Hall–Kier alpha value is -0.430. The van der Waals surface area contributed by atoms with Crippen molar-refractivity contribution in [3.8, 4) is 0 Å². The van der Waals surface area contributed by atoms with Crippen LogP contribution in [-0.2, 0) is 11.3 Å². The van der Waals surface area contributed by atoms with Crippen molar-refractivity contribution in [1.82, 2.24) is 3.97 Å². The lowest BCUT2D eigenvalue weighted by molar-refractivity contribution is 0.528. The molecule has 1 atom stereocenters. The topological polar surface area (TPSA) is 45.1 Å². The molecule has 0 aromatic carbocycles. The van der Waals surface area contributed by atoms with Crippen LogP contribution in [0.1, 0.15) is 0 Å². The molecule has 2 rings (SSSR count). The highest BCUT2D eigenvalue weighted by Crippen LogP contribution is 2.14. The van der Waals surface area contributed by atoms with E-state index < -0.39 is 11.3 Å². The number of hydrogen-bond donors (Lipinski definition) is 0. The third kappa shape index (κ3) is 4.19. The summed E-state index contributed by atoms with van der Waals surface area (Å²) in [4.78, 5) is 0. The first-order valence-electron chi connectivity index (χ1n) is 3.62. The van der Waals surface area contributed by atoms with Gasteiger partial charge in [-0.05, 0) is 39.5 Å². The van der Waals surface area contributed by atoms with Gasteiger partial charge in [-0.3, -0.25) is 8.18 Å². The lowest BCUT2D eigenvalue weighted by atomic mass is 10.7. The summed E-state index contributed by atoms with van der Waals surface area (Å²) in [5.41, 5.74) is 0. The van der Waals surface area contributed by atoms with Gasteiger partial charge in [-0.2, -0.15) is 0 Å². The molecule has 0 spiro atoms. The summed E-state index contributed by atoms with van der Waals surface area (Å²) in [7, 11) is 0. The van der Waals surface area contributed by atoms with Crippen LogP contribution in [0.25, 0.3) is 0 Å². The molecule has 76 valence electrons. The minimum absolute atomic E-state index is 1.08. The highest BCUT2D eigenvalue weighted by atomic mass is 79.9. The lowest BCUT2D eigenvalue weighted by Crippen LogP contribution is -1.97. The maximum absolute atomic E-state index is 10.0. The molecule has 0 aliphatic heterocycles. The van der Waals surface area contributed by atoms with Crippen molar-refractivity contribution in [2.75, 3.05) is 0 Å². The molecule has 0 amide bonds. The van der Waals surface area contributed by atoms with E-state index in [0.29, 0.717) is 0 Å². The Morgan fingerprint density at radius 3 is 2.21 bits per heavy atom. The summed E-state index contributed by atoms with van der Waals surface area (Å²) >= 11 is 2.86. The Morgan fingerprint density at radius 1 is 1.36 bits per heavy atom. The van der Waals surface area contributed by atoms with E-state index in [1.54, 1.807) is 23.5 Å². The van der Waals surface area contributed by atoms with Crippen LogP contribution in [0.15, 0.2) is 45.8 Å². The van der Waals surface area contributed by atoms with E-state index in [9.17, 15) is 8.76 Å². The second-order valence-electron chi connectivity index (χ2n) is 2.18. The van der Waals surface area contributed by atoms with E-state index >= 15 is 0 Å². The minimum atomic E-state index is -2.13. The molecule has 0 radical (unpaired) electrons. The highest BCUT2D eigenvalue weighted by Gasteiger charge is 1.80. The van der Waals surface area contributed by atoms with Crippen LogP contribution in [-0.4, -0.2) is 12.7 Å². The third-order valence-electron chi connectivity index (χ3n) is 1.24. The molecule has 0 aliphatic rings. The van der Waals surface area contributed by atoms with E-state index in [2.05, 4.69) is 15.9 Å². The van der Waals surface area contributed by atoms with E-state index in [4.69, 9.17) is 0 Å². The standard InChI is InChI=1S/C4H3BrS.C4H5NO2S/c5-4-2-1-3-6-4;6-8(7)5-3-1-2-4-5/h1-3H;1-4H,(H,6,7)/p-1. The molecule has 0 N–H and O–H groups in total. The maximum Gasteiger partial charge on any atom is 0.0698 e. The van der Waals surface area contributed by atoms with Gasteiger partial charge < -0.3 is 4.55 Å². The number of aromatic nitrogens is 1. The summed E-state index contributed by atoms with van der Waals surface area (Å²) in [5.74, 6) is 0. The van der Waals surface area contributed by atoms with Crippen LogP contribution in [0.3, 0.4) is 0 Å². The summed E-state index contributed by atoms with van der Waals surface area (Å²) in [6.45, 7) is 0. The first-order chi connectivity index (χ1) is 6.70.